The van der Waals surface area contributed by atoms with Crippen molar-refractivity contribution in [3.8, 4) is 5.75 Å². The minimum Gasteiger partial charge on any atom is -0.483 e. The Balaban J connectivity index is 1.58. The molecule has 5 nitrogen and oxygen atoms in total. The van der Waals surface area contributed by atoms with Gasteiger partial charge in [0.25, 0.3) is 11.8 Å². The number of carbonyl (C=O) groups excluding carboxylic acids is 2. The van der Waals surface area contributed by atoms with Gasteiger partial charge in [0.15, 0.2) is 6.61 Å². The van der Waals surface area contributed by atoms with Gasteiger partial charge in [-0.3, -0.25) is 9.59 Å². The monoisotopic (exact) mass is 384 g/mol. The summed E-state index contributed by atoms with van der Waals surface area (Å²) < 4.78 is 19.7. The van der Waals surface area contributed by atoms with Gasteiger partial charge < -0.3 is 14.5 Å². The maximum absolute atomic E-state index is 13.9. The van der Waals surface area contributed by atoms with Crippen LogP contribution in [0.3, 0.4) is 0 Å². The van der Waals surface area contributed by atoms with Crippen molar-refractivity contribution in [1.82, 2.24) is 9.80 Å². The van der Waals surface area contributed by atoms with Crippen LogP contribution in [0.1, 0.15) is 27.9 Å². The van der Waals surface area contributed by atoms with E-state index in [9.17, 15) is 14.0 Å². The van der Waals surface area contributed by atoms with Crippen LogP contribution in [-0.4, -0.2) is 54.4 Å². The average Bonchev–Trinajstić information content (AvgIpc) is 2.93. The molecule has 148 valence electrons. The number of ether oxygens (including phenoxy) is 1. The van der Waals surface area contributed by atoms with Crippen LogP contribution in [0.5, 0.6) is 5.75 Å². The Kier molecular flexibility index (Phi) is 6.29. The number of hydrogen-bond acceptors (Lipinski definition) is 3. The quantitative estimate of drug-likeness (QED) is 0.813. The highest BCUT2D eigenvalue weighted by molar-refractivity contribution is 5.94. The molecular formula is C22H25FN2O3. The molecule has 0 unspecified atom stereocenters. The van der Waals surface area contributed by atoms with Crippen molar-refractivity contribution < 1.29 is 18.7 Å². The van der Waals surface area contributed by atoms with Crippen molar-refractivity contribution in [2.24, 2.45) is 0 Å². The van der Waals surface area contributed by atoms with Crippen molar-refractivity contribution in [2.45, 2.75) is 20.3 Å². The zero-order valence-corrected chi connectivity index (χ0v) is 16.3. The molecule has 0 spiro atoms. The topological polar surface area (TPSA) is 49.9 Å². The number of carbonyl (C=O) groups is 2. The van der Waals surface area contributed by atoms with Gasteiger partial charge in [0.05, 0.1) is 5.56 Å². The molecule has 0 radical (unpaired) electrons. The number of rotatable bonds is 4. The summed E-state index contributed by atoms with van der Waals surface area (Å²) >= 11 is 0. The Morgan fingerprint density at radius 1 is 0.929 bits per heavy atom. The predicted molar refractivity (Wildman–Crippen MR) is 105 cm³/mol. The van der Waals surface area contributed by atoms with Crippen LogP contribution in [0.25, 0.3) is 0 Å². The van der Waals surface area contributed by atoms with Gasteiger partial charge in [-0.2, -0.15) is 0 Å². The van der Waals surface area contributed by atoms with Gasteiger partial charge in [-0.1, -0.05) is 30.3 Å². The maximum Gasteiger partial charge on any atom is 0.260 e. The first-order valence-electron chi connectivity index (χ1n) is 9.48. The minimum atomic E-state index is -0.522. The SMILES string of the molecule is Cc1cccc(C)c1OCC(=O)N1CCCN(C(=O)c2ccccc2F)CC1. The summed E-state index contributed by atoms with van der Waals surface area (Å²) in [6, 6.07) is 11.8. The van der Waals surface area contributed by atoms with Crippen LogP contribution in [0, 0.1) is 19.7 Å². The highest BCUT2D eigenvalue weighted by atomic mass is 19.1. The molecule has 1 saturated heterocycles. The number of benzene rings is 2. The Morgan fingerprint density at radius 2 is 1.57 bits per heavy atom. The number of halogens is 1. The van der Waals surface area contributed by atoms with Gasteiger partial charge in [-0.15, -0.1) is 0 Å². The number of aryl methyl sites for hydroxylation is 2. The van der Waals surface area contributed by atoms with Crippen LogP contribution in [-0.2, 0) is 4.79 Å². The van der Waals surface area contributed by atoms with Crippen LogP contribution in [0.4, 0.5) is 4.39 Å². The van der Waals surface area contributed by atoms with Gasteiger partial charge in [0, 0.05) is 26.2 Å². The Morgan fingerprint density at radius 3 is 2.29 bits per heavy atom. The molecule has 2 aromatic rings. The molecule has 0 aliphatic carbocycles. The lowest BCUT2D eigenvalue weighted by Crippen LogP contribution is -2.39. The smallest absolute Gasteiger partial charge is 0.260 e. The third-order valence-electron chi connectivity index (χ3n) is 4.99. The van der Waals surface area contributed by atoms with Gasteiger partial charge >= 0.3 is 0 Å². The number of nitrogens with zero attached hydrogens (tertiary/aromatic N) is 2. The van der Waals surface area contributed by atoms with Gasteiger partial charge in [-0.05, 0) is 43.5 Å². The fourth-order valence-electron chi connectivity index (χ4n) is 3.43. The van der Waals surface area contributed by atoms with E-state index < -0.39 is 5.82 Å². The molecule has 0 saturated carbocycles. The standard InChI is InChI=1S/C22H25FN2O3/c1-16-7-5-8-17(2)21(16)28-15-20(26)24-11-6-12-25(14-13-24)22(27)18-9-3-4-10-19(18)23/h3-5,7-10H,6,11-15H2,1-2H3. The third kappa shape index (κ3) is 4.50. The highest BCUT2D eigenvalue weighted by Crippen LogP contribution is 2.22. The largest absolute Gasteiger partial charge is 0.483 e. The lowest BCUT2D eigenvalue weighted by Gasteiger charge is -2.23. The molecule has 2 amide bonds. The molecule has 0 atom stereocenters. The first-order chi connectivity index (χ1) is 13.5. The molecule has 3 rings (SSSR count). The molecule has 6 heteroatoms. The van der Waals surface area contributed by atoms with Crippen molar-refractivity contribution in [1.29, 1.82) is 0 Å². The van der Waals surface area contributed by atoms with Crippen molar-refractivity contribution >= 4 is 11.8 Å². The summed E-state index contributed by atoms with van der Waals surface area (Å²) in [6.07, 6.45) is 0.648. The van der Waals surface area contributed by atoms with E-state index >= 15 is 0 Å². The summed E-state index contributed by atoms with van der Waals surface area (Å²) in [5, 5.41) is 0. The molecule has 0 N–H and O–H groups in total. The van der Waals surface area contributed by atoms with Gasteiger partial charge in [-0.25, -0.2) is 4.39 Å². The number of hydrogen-bond donors (Lipinski definition) is 0. The molecular weight excluding hydrogens is 359 g/mol. The van der Waals surface area contributed by atoms with Crippen LogP contribution in [0.2, 0.25) is 0 Å². The zero-order chi connectivity index (χ0) is 20.1. The van der Waals surface area contributed by atoms with E-state index in [0.717, 1.165) is 16.9 Å². The van der Waals surface area contributed by atoms with E-state index in [1.807, 2.05) is 32.0 Å². The molecule has 0 aromatic heterocycles. The van der Waals surface area contributed by atoms with E-state index in [1.54, 1.807) is 21.9 Å². The second-order valence-corrected chi connectivity index (χ2v) is 7.02. The maximum atomic E-state index is 13.9. The van der Waals surface area contributed by atoms with E-state index in [1.165, 1.54) is 12.1 Å². The zero-order valence-electron chi connectivity index (χ0n) is 16.3. The molecule has 1 aliphatic rings. The van der Waals surface area contributed by atoms with Crippen LogP contribution in [0.15, 0.2) is 42.5 Å². The summed E-state index contributed by atoms with van der Waals surface area (Å²) in [6.45, 7) is 5.70. The van der Waals surface area contributed by atoms with Crippen molar-refractivity contribution in [3.05, 3.63) is 65.0 Å². The predicted octanol–water partition coefficient (Wildman–Crippen LogP) is 3.20. The first kappa shape index (κ1) is 19.9. The Hall–Kier alpha value is -2.89. The van der Waals surface area contributed by atoms with Gasteiger partial charge in [0.2, 0.25) is 0 Å². The summed E-state index contributed by atoms with van der Waals surface area (Å²) in [5.74, 6) is -0.226. The van der Waals surface area contributed by atoms with Gasteiger partial charge in [0.1, 0.15) is 11.6 Å². The average molecular weight is 384 g/mol. The fraction of sp³-hybridized carbons (Fsp3) is 0.364. The van der Waals surface area contributed by atoms with E-state index in [2.05, 4.69) is 0 Å². The minimum absolute atomic E-state index is 0.0348. The van der Waals surface area contributed by atoms with Crippen LogP contribution >= 0.6 is 0 Å². The van der Waals surface area contributed by atoms with Crippen molar-refractivity contribution in [3.63, 3.8) is 0 Å². The van der Waals surface area contributed by atoms with Crippen LogP contribution < -0.4 is 4.74 Å². The Bertz CT molecular complexity index is 848. The second kappa shape index (κ2) is 8.87. The molecule has 28 heavy (non-hydrogen) atoms. The normalized spacial score (nSPS) is 14.5. The summed E-state index contributed by atoms with van der Waals surface area (Å²) in [5.41, 5.74) is 2.05. The molecule has 2 aromatic carbocycles. The number of para-hydroxylation sites is 1. The second-order valence-electron chi connectivity index (χ2n) is 7.02. The van der Waals surface area contributed by atoms with E-state index in [4.69, 9.17) is 4.74 Å². The molecule has 0 bridgehead atoms. The highest BCUT2D eigenvalue weighted by Gasteiger charge is 2.24. The molecule has 1 heterocycles. The summed E-state index contributed by atoms with van der Waals surface area (Å²) in [4.78, 5) is 28.5. The summed E-state index contributed by atoms with van der Waals surface area (Å²) in [7, 11) is 0. The molecule has 1 fully saturated rings. The third-order valence-corrected chi connectivity index (χ3v) is 4.99. The number of amides is 2. The molecule has 1 aliphatic heterocycles. The lowest BCUT2D eigenvalue weighted by molar-refractivity contribution is -0.133. The fourth-order valence-corrected chi connectivity index (χ4v) is 3.43. The first-order valence-corrected chi connectivity index (χ1v) is 9.48. The Labute approximate surface area is 164 Å². The lowest BCUT2D eigenvalue weighted by atomic mass is 10.1. The van der Waals surface area contributed by atoms with E-state index in [-0.39, 0.29) is 24.0 Å². The van der Waals surface area contributed by atoms with E-state index in [0.29, 0.717) is 32.6 Å². The van der Waals surface area contributed by atoms with Crippen molar-refractivity contribution in [2.75, 3.05) is 32.8 Å².